The fourth-order valence-electron chi connectivity index (χ4n) is 2.12. The topological polar surface area (TPSA) is 111 Å². The lowest BCUT2D eigenvalue weighted by atomic mass is 10.1. The molecular formula is C13H7F3O7S2. The summed E-state index contributed by atoms with van der Waals surface area (Å²) in [6, 6.07) is 6.44. The van der Waals surface area contributed by atoms with E-state index >= 15 is 0 Å². The molecule has 7 nitrogen and oxygen atoms in total. The molecular weight excluding hydrogens is 389 g/mol. The maximum absolute atomic E-state index is 12.4. The van der Waals surface area contributed by atoms with Gasteiger partial charge >= 0.3 is 15.6 Å². The van der Waals surface area contributed by atoms with Crippen molar-refractivity contribution in [3.05, 3.63) is 36.4 Å². The molecule has 0 fully saturated rings. The van der Waals surface area contributed by atoms with Gasteiger partial charge < -0.3 is 8.60 Å². The van der Waals surface area contributed by atoms with Crippen LogP contribution in [0.15, 0.2) is 45.7 Å². The molecule has 3 rings (SSSR count). The van der Waals surface area contributed by atoms with Crippen molar-refractivity contribution in [2.75, 3.05) is 0 Å². The Hall–Kier alpha value is -2.31. The molecule has 134 valence electrons. The SMILES string of the molecule is O=S(=O)(O)c1ccc2oc3ccc(OS(=O)(=O)C(F)(F)F)cc3c2c1. The lowest BCUT2D eigenvalue weighted by Crippen LogP contribution is -2.28. The average molecular weight is 396 g/mol. The summed E-state index contributed by atoms with van der Waals surface area (Å²) in [7, 11) is -10.4. The summed E-state index contributed by atoms with van der Waals surface area (Å²) in [4.78, 5) is -0.461. The number of furan rings is 1. The molecule has 25 heavy (non-hydrogen) atoms. The van der Waals surface area contributed by atoms with Crippen LogP contribution in [0.2, 0.25) is 0 Å². The van der Waals surface area contributed by atoms with E-state index in [0.29, 0.717) is 0 Å². The van der Waals surface area contributed by atoms with Gasteiger partial charge in [-0.2, -0.15) is 30.0 Å². The predicted octanol–water partition coefficient (Wildman–Crippen LogP) is 3.06. The number of hydrogen-bond donors (Lipinski definition) is 1. The van der Waals surface area contributed by atoms with Gasteiger partial charge in [-0.1, -0.05) is 0 Å². The molecule has 0 saturated carbocycles. The van der Waals surface area contributed by atoms with Crippen LogP contribution in [0.4, 0.5) is 13.2 Å². The molecule has 0 radical (unpaired) electrons. The maximum Gasteiger partial charge on any atom is 0.534 e. The van der Waals surface area contributed by atoms with Crippen molar-refractivity contribution in [2.45, 2.75) is 10.4 Å². The van der Waals surface area contributed by atoms with Crippen LogP contribution in [0, 0.1) is 0 Å². The Labute approximate surface area is 138 Å². The first-order valence-corrected chi connectivity index (χ1v) is 9.18. The smallest absolute Gasteiger partial charge is 0.456 e. The number of benzene rings is 2. The van der Waals surface area contributed by atoms with Crippen molar-refractivity contribution in [2.24, 2.45) is 0 Å². The standard InChI is InChI=1S/C13H7F3O7S2/c14-13(15,16)25(20,21)23-7-1-3-11-9(5-7)10-6-8(24(17,18)19)2-4-12(10)22-11/h1-6H,(H,17,18,19). The highest BCUT2D eigenvalue weighted by atomic mass is 32.2. The Morgan fingerprint density at radius 2 is 1.48 bits per heavy atom. The summed E-state index contributed by atoms with van der Waals surface area (Å²) < 4.78 is 100. The zero-order valence-electron chi connectivity index (χ0n) is 11.8. The molecule has 0 spiro atoms. The van der Waals surface area contributed by atoms with Crippen molar-refractivity contribution in [3.8, 4) is 5.75 Å². The summed E-state index contributed by atoms with van der Waals surface area (Å²) in [5.41, 5.74) is -5.27. The van der Waals surface area contributed by atoms with Crippen LogP contribution in [0.1, 0.15) is 0 Å². The first kappa shape index (κ1) is 17.5. The zero-order valence-corrected chi connectivity index (χ0v) is 13.4. The molecule has 0 unspecified atom stereocenters. The summed E-state index contributed by atoms with van der Waals surface area (Å²) in [5, 5.41) is 0.246. The average Bonchev–Trinajstić information content (AvgIpc) is 2.82. The van der Waals surface area contributed by atoms with E-state index in [9.17, 15) is 30.0 Å². The highest BCUT2D eigenvalue weighted by Crippen LogP contribution is 2.34. The van der Waals surface area contributed by atoms with Gasteiger partial charge in [0.25, 0.3) is 10.1 Å². The number of hydrogen-bond acceptors (Lipinski definition) is 6. The van der Waals surface area contributed by atoms with Gasteiger partial charge in [-0.25, -0.2) is 0 Å². The fourth-order valence-corrected chi connectivity index (χ4v) is 3.08. The summed E-state index contributed by atoms with van der Waals surface area (Å²) in [6.45, 7) is 0. The normalized spacial score (nSPS) is 13.4. The Kier molecular flexibility index (Phi) is 3.74. The Morgan fingerprint density at radius 1 is 0.920 bits per heavy atom. The van der Waals surface area contributed by atoms with Crippen molar-refractivity contribution < 1.29 is 43.2 Å². The number of halogens is 3. The number of fused-ring (bicyclic) bond motifs is 3. The van der Waals surface area contributed by atoms with Crippen LogP contribution < -0.4 is 4.18 Å². The Balaban J connectivity index is 2.18. The summed E-state index contributed by atoms with van der Waals surface area (Å²) in [6.07, 6.45) is 0. The second-order valence-electron chi connectivity index (χ2n) is 4.88. The van der Waals surface area contributed by atoms with Crippen molar-refractivity contribution in [1.82, 2.24) is 0 Å². The second-order valence-corrected chi connectivity index (χ2v) is 7.84. The summed E-state index contributed by atoms with van der Waals surface area (Å²) in [5.74, 6) is -0.634. The zero-order chi connectivity index (χ0) is 18.6. The molecule has 1 aromatic heterocycles. The van der Waals surface area contributed by atoms with Crippen LogP contribution in [0.3, 0.4) is 0 Å². The first-order chi connectivity index (χ1) is 11.4. The Bertz CT molecular complexity index is 1190. The molecule has 0 amide bonds. The van der Waals surface area contributed by atoms with E-state index in [-0.39, 0.29) is 21.9 Å². The lowest BCUT2D eigenvalue weighted by Gasteiger charge is -2.09. The third kappa shape index (κ3) is 3.15. The molecule has 0 aliphatic heterocycles. The van der Waals surface area contributed by atoms with Crippen LogP contribution in [-0.4, -0.2) is 26.9 Å². The molecule has 2 aromatic carbocycles. The van der Waals surface area contributed by atoms with Gasteiger partial charge in [0.05, 0.1) is 4.90 Å². The fraction of sp³-hybridized carbons (Fsp3) is 0.0769. The van der Waals surface area contributed by atoms with Crippen LogP contribution in [0.25, 0.3) is 21.9 Å². The van der Waals surface area contributed by atoms with E-state index in [1.165, 1.54) is 12.1 Å². The van der Waals surface area contributed by atoms with Crippen LogP contribution in [0.5, 0.6) is 5.75 Å². The van der Waals surface area contributed by atoms with Gasteiger partial charge in [0.2, 0.25) is 0 Å². The minimum absolute atomic E-state index is 0.107. The van der Waals surface area contributed by atoms with E-state index in [1.54, 1.807) is 0 Å². The van der Waals surface area contributed by atoms with Gasteiger partial charge in [0, 0.05) is 10.8 Å². The monoisotopic (exact) mass is 396 g/mol. The van der Waals surface area contributed by atoms with E-state index in [0.717, 1.165) is 24.3 Å². The molecule has 0 aliphatic carbocycles. The van der Waals surface area contributed by atoms with Crippen molar-refractivity contribution >= 4 is 42.2 Å². The van der Waals surface area contributed by atoms with Gasteiger partial charge in [0.15, 0.2) is 0 Å². The third-order valence-corrected chi connectivity index (χ3v) is 5.03. The summed E-state index contributed by atoms with van der Waals surface area (Å²) >= 11 is 0. The minimum Gasteiger partial charge on any atom is -0.456 e. The predicted molar refractivity (Wildman–Crippen MR) is 79.1 cm³/mol. The van der Waals surface area contributed by atoms with Gasteiger partial charge in [-0.3, -0.25) is 4.55 Å². The third-order valence-electron chi connectivity index (χ3n) is 3.20. The van der Waals surface area contributed by atoms with E-state index in [1.807, 2.05) is 0 Å². The van der Waals surface area contributed by atoms with Gasteiger partial charge in [-0.05, 0) is 36.4 Å². The van der Waals surface area contributed by atoms with Crippen molar-refractivity contribution in [3.63, 3.8) is 0 Å². The first-order valence-electron chi connectivity index (χ1n) is 6.33. The number of rotatable bonds is 3. The highest BCUT2D eigenvalue weighted by Gasteiger charge is 2.48. The molecule has 0 atom stereocenters. The maximum atomic E-state index is 12.4. The molecule has 1 heterocycles. The lowest BCUT2D eigenvalue weighted by molar-refractivity contribution is -0.0500. The minimum atomic E-state index is -5.85. The molecule has 12 heteroatoms. The van der Waals surface area contributed by atoms with Crippen LogP contribution >= 0.6 is 0 Å². The van der Waals surface area contributed by atoms with Crippen molar-refractivity contribution in [1.29, 1.82) is 0 Å². The van der Waals surface area contributed by atoms with Gasteiger partial charge in [-0.15, -0.1) is 0 Å². The highest BCUT2D eigenvalue weighted by molar-refractivity contribution is 7.88. The van der Waals surface area contributed by atoms with E-state index in [2.05, 4.69) is 4.18 Å². The molecule has 0 bridgehead atoms. The second kappa shape index (κ2) is 5.34. The Morgan fingerprint density at radius 3 is 2.04 bits per heavy atom. The molecule has 1 N–H and O–H groups in total. The number of alkyl halides is 3. The van der Waals surface area contributed by atoms with Crippen LogP contribution in [-0.2, 0) is 20.2 Å². The van der Waals surface area contributed by atoms with Gasteiger partial charge in [0.1, 0.15) is 16.9 Å². The van der Waals surface area contributed by atoms with E-state index in [4.69, 9.17) is 8.97 Å². The quantitative estimate of drug-likeness (QED) is 0.411. The molecule has 0 aliphatic rings. The molecule has 0 saturated heterocycles. The van der Waals surface area contributed by atoms with E-state index < -0.39 is 36.4 Å². The molecule has 3 aromatic rings. The largest absolute Gasteiger partial charge is 0.534 e.